The molecular weight excluding hydrogens is 260 g/mol. The monoisotopic (exact) mass is 278 g/mol. The number of nitrogens with one attached hydrogen (secondary N) is 2. The molecule has 0 spiro atoms. The predicted molar refractivity (Wildman–Crippen MR) is 74.7 cm³/mol. The molecule has 5 nitrogen and oxygen atoms in total. The molecule has 1 atom stereocenters. The van der Waals surface area contributed by atoms with E-state index in [9.17, 15) is 4.79 Å². The van der Waals surface area contributed by atoms with Crippen molar-refractivity contribution in [3.05, 3.63) is 23.9 Å². The Labute approximate surface area is 116 Å². The Morgan fingerprint density at radius 1 is 1.53 bits per heavy atom. The normalized spacial score (nSPS) is 29.8. The second kappa shape index (κ2) is 5.79. The average Bonchev–Trinajstić information content (AvgIpc) is 2.93. The lowest BCUT2D eigenvalue weighted by molar-refractivity contribution is -0.118. The summed E-state index contributed by atoms with van der Waals surface area (Å²) in [6.45, 7) is 3.40. The first-order valence-corrected chi connectivity index (χ1v) is 7.54. The Bertz CT molecular complexity index is 451. The minimum Gasteiger partial charge on any atom is -0.348 e. The van der Waals surface area contributed by atoms with E-state index in [2.05, 4.69) is 20.2 Å². The highest BCUT2D eigenvalue weighted by molar-refractivity contribution is 8.02. The molecule has 3 aliphatic heterocycles. The van der Waals surface area contributed by atoms with Crippen molar-refractivity contribution in [2.45, 2.75) is 24.0 Å². The number of amides is 1. The maximum absolute atomic E-state index is 11.9. The van der Waals surface area contributed by atoms with Crippen LogP contribution in [0.25, 0.3) is 0 Å². The van der Waals surface area contributed by atoms with Crippen molar-refractivity contribution in [2.24, 2.45) is 5.92 Å². The summed E-state index contributed by atoms with van der Waals surface area (Å²) in [4.78, 5) is 21.3. The molecule has 19 heavy (non-hydrogen) atoms. The van der Waals surface area contributed by atoms with Crippen LogP contribution in [0.3, 0.4) is 0 Å². The minimum atomic E-state index is -0.00203. The van der Waals surface area contributed by atoms with Crippen molar-refractivity contribution < 1.29 is 4.79 Å². The molecular formula is C13H18N4OS. The molecule has 2 N–H and O–H groups in total. The number of rotatable bonds is 4. The lowest BCUT2D eigenvalue weighted by atomic mass is 9.84. The molecule has 0 radical (unpaired) electrons. The van der Waals surface area contributed by atoms with Crippen molar-refractivity contribution >= 4 is 17.7 Å². The van der Waals surface area contributed by atoms with Crippen molar-refractivity contribution in [3.63, 3.8) is 0 Å². The highest BCUT2D eigenvalue weighted by atomic mass is 32.2. The Hall–Kier alpha value is -1.27. The van der Waals surface area contributed by atoms with Gasteiger partial charge in [0.1, 0.15) is 0 Å². The van der Waals surface area contributed by atoms with Crippen LogP contribution in [0.4, 0.5) is 0 Å². The lowest BCUT2D eigenvalue weighted by Gasteiger charge is -2.44. The summed E-state index contributed by atoms with van der Waals surface area (Å²) in [5, 5.41) is 5.69. The van der Waals surface area contributed by atoms with Crippen LogP contribution in [0.2, 0.25) is 0 Å². The standard InChI is InChI=1S/C13H18N4OS/c18-12(3-8-19-13-14-4-5-15-13)16-11-9-17-6-1-10(11)2-7-17/h3-5,8,10-11H,1-2,6-7,9H2,(H,14,15)(H,16,18)/t11-/m0/s1. The second-order valence-electron chi connectivity index (χ2n) is 5.07. The molecule has 3 saturated heterocycles. The van der Waals surface area contributed by atoms with Gasteiger partial charge in [-0.1, -0.05) is 11.8 Å². The number of piperidine rings is 3. The van der Waals surface area contributed by atoms with Gasteiger partial charge in [-0.05, 0) is 37.3 Å². The molecule has 102 valence electrons. The van der Waals surface area contributed by atoms with E-state index in [0.717, 1.165) is 11.7 Å². The summed E-state index contributed by atoms with van der Waals surface area (Å²) in [5.41, 5.74) is 0. The lowest BCUT2D eigenvalue weighted by Crippen LogP contribution is -2.57. The van der Waals surface area contributed by atoms with Crippen molar-refractivity contribution in [1.82, 2.24) is 20.2 Å². The summed E-state index contributed by atoms with van der Waals surface area (Å²) in [6.07, 6.45) is 7.49. The summed E-state index contributed by atoms with van der Waals surface area (Å²) in [6, 6.07) is 0.327. The Morgan fingerprint density at radius 2 is 2.37 bits per heavy atom. The van der Waals surface area contributed by atoms with E-state index in [1.807, 2.05) is 0 Å². The quantitative estimate of drug-likeness (QED) is 0.642. The van der Waals surface area contributed by atoms with Crippen molar-refractivity contribution in [2.75, 3.05) is 19.6 Å². The van der Waals surface area contributed by atoms with Gasteiger partial charge in [0, 0.05) is 31.1 Å². The number of imidazole rings is 1. The highest BCUT2D eigenvalue weighted by Crippen LogP contribution is 2.27. The fourth-order valence-electron chi connectivity index (χ4n) is 2.83. The zero-order valence-corrected chi connectivity index (χ0v) is 11.5. The third-order valence-electron chi connectivity index (χ3n) is 3.86. The highest BCUT2D eigenvalue weighted by Gasteiger charge is 2.34. The van der Waals surface area contributed by atoms with Gasteiger partial charge in [-0.3, -0.25) is 4.79 Å². The maximum Gasteiger partial charge on any atom is 0.244 e. The number of aromatic amines is 1. The third-order valence-corrected chi connectivity index (χ3v) is 4.57. The second-order valence-corrected chi connectivity index (χ2v) is 5.96. The molecule has 4 heterocycles. The summed E-state index contributed by atoms with van der Waals surface area (Å²) < 4.78 is 0. The average molecular weight is 278 g/mol. The van der Waals surface area contributed by atoms with Gasteiger partial charge in [0.15, 0.2) is 5.16 Å². The number of carbonyl (C=O) groups is 1. The molecule has 0 saturated carbocycles. The van der Waals surface area contributed by atoms with Gasteiger partial charge in [0.05, 0.1) is 0 Å². The van der Waals surface area contributed by atoms with E-state index in [4.69, 9.17) is 0 Å². The summed E-state index contributed by atoms with van der Waals surface area (Å²) >= 11 is 1.41. The molecule has 1 amide bonds. The molecule has 3 aliphatic rings. The largest absolute Gasteiger partial charge is 0.348 e. The summed E-state index contributed by atoms with van der Waals surface area (Å²) in [5.74, 6) is 0.665. The minimum absolute atomic E-state index is 0.00203. The number of carbonyl (C=O) groups excluding carboxylic acids is 1. The number of hydrogen-bond donors (Lipinski definition) is 2. The van der Waals surface area contributed by atoms with Gasteiger partial charge in [-0.25, -0.2) is 4.98 Å². The van der Waals surface area contributed by atoms with Gasteiger partial charge in [-0.2, -0.15) is 0 Å². The van der Waals surface area contributed by atoms with E-state index in [0.29, 0.717) is 12.0 Å². The fourth-order valence-corrected chi connectivity index (χ4v) is 3.41. The molecule has 4 rings (SSSR count). The van der Waals surface area contributed by atoms with Gasteiger partial charge in [0.25, 0.3) is 0 Å². The number of nitrogens with zero attached hydrogens (tertiary/aromatic N) is 2. The predicted octanol–water partition coefficient (Wildman–Crippen LogP) is 1.23. The summed E-state index contributed by atoms with van der Waals surface area (Å²) in [7, 11) is 0. The zero-order valence-electron chi connectivity index (χ0n) is 10.7. The van der Waals surface area contributed by atoms with E-state index in [1.165, 1.54) is 37.7 Å². The van der Waals surface area contributed by atoms with Crippen LogP contribution in [0.1, 0.15) is 12.8 Å². The fraction of sp³-hybridized carbons (Fsp3) is 0.538. The van der Waals surface area contributed by atoms with Gasteiger partial charge >= 0.3 is 0 Å². The molecule has 1 aromatic heterocycles. The van der Waals surface area contributed by atoms with Gasteiger partial charge < -0.3 is 15.2 Å². The molecule has 2 bridgehead atoms. The molecule has 0 unspecified atom stereocenters. The van der Waals surface area contributed by atoms with Crippen LogP contribution in [0.5, 0.6) is 0 Å². The third kappa shape index (κ3) is 3.19. The zero-order chi connectivity index (χ0) is 13.1. The van der Waals surface area contributed by atoms with Crippen LogP contribution in [0.15, 0.2) is 29.0 Å². The Balaban J connectivity index is 1.47. The Morgan fingerprint density at radius 3 is 3.00 bits per heavy atom. The molecule has 1 aromatic rings. The van der Waals surface area contributed by atoms with Gasteiger partial charge in [0.2, 0.25) is 5.91 Å². The first-order chi connectivity index (χ1) is 9.31. The van der Waals surface area contributed by atoms with Crippen LogP contribution in [-0.2, 0) is 4.79 Å². The topological polar surface area (TPSA) is 61.0 Å². The van der Waals surface area contributed by atoms with Crippen LogP contribution in [0, 0.1) is 5.92 Å². The maximum atomic E-state index is 11.9. The van der Waals surface area contributed by atoms with E-state index < -0.39 is 0 Å². The van der Waals surface area contributed by atoms with Gasteiger partial charge in [-0.15, -0.1) is 0 Å². The number of thioether (sulfide) groups is 1. The SMILES string of the molecule is O=C(C=CSc1ncc[nH]1)N[C@H]1CN2CCC1CC2. The number of H-pyrrole nitrogens is 1. The van der Waals surface area contributed by atoms with Crippen molar-refractivity contribution in [3.8, 4) is 0 Å². The van der Waals surface area contributed by atoms with Crippen LogP contribution in [-0.4, -0.2) is 46.5 Å². The number of hydrogen-bond acceptors (Lipinski definition) is 4. The van der Waals surface area contributed by atoms with E-state index in [-0.39, 0.29) is 5.91 Å². The number of aromatic nitrogens is 2. The van der Waals surface area contributed by atoms with Crippen LogP contribution < -0.4 is 5.32 Å². The smallest absolute Gasteiger partial charge is 0.244 e. The Kier molecular flexibility index (Phi) is 3.89. The molecule has 0 aromatic carbocycles. The number of fused-ring (bicyclic) bond motifs is 3. The first kappa shape index (κ1) is 12.7. The molecule has 3 fully saturated rings. The van der Waals surface area contributed by atoms with E-state index >= 15 is 0 Å². The molecule has 6 heteroatoms. The van der Waals surface area contributed by atoms with Crippen molar-refractivity contribution in [1.29, 1.82) is 0 Å². The van der Waals surface area contributed by atoms with Crippen LogP contribution >= 0.6 is 11.8 Å². The first-order valence-electron chi connectivity index (χ1n) is 6.67. The molecule has 0 aliphatic carbocycles. The van der Waals surface area contributed by atoms with E-state index in [1.54, 1.807) is 23.9 Å².